The zero-order valence-corrected chi connectivity index (χ0v) is 11.9. The molecule has 1 aromatic carbocycles. The first-order valence-corrected chi connectivity index (χ1v) is 7.13. The second-order valence-electron chi connectivity index (χ2n) is 5.94. The third-order valence-electron chi connectivity index (χ3n) is 4.49. The van der Waals surface area contributed by atoms with Crippen LogP contribution in [0.25, 0.3) is 0 Å². The Bertz CT molecular complexity index is 432. The highest BCUT2D eigenvalue weighted by atomic mass is 16.2. The van der Waals surface area contributed by atoms with Crippen LogP contribution in [0.5, 0.6) is 0 Å². The summed E-state index contributed by atoms with van der Waals surface area (Å²) < 4.78 is 0. The molecule has 1 saturated carbocycles. The maximum absolute atomic E-state index is 12.3. The van der Waals surface area contributed by atoms with Gasteiger partial charge in [-0.25, -0.2) is 0 Å². The van der Waals surface area contributed by atoms with Crippen molar-refractivity contribution < 1.29 is 4.79 Å². The lowest BCUT2D eigenvalue weighted by molar-refractivity contribution is -0.130. The monoisotopic (exact) mass is 260 g/mol. The third-order valence-corrected chi connectivity index (χ3v) is 4.49. The molecule has 2 rings (SSSR count). The SMILES string of the molecule is CC(CNC(=O)C1(C)CCCC1N)c1ccccc1. The van der Waals surface area contributed by atoms with Crippen molar-refractivity contribution in [1.29, 1.82) is 0 Å². The molecule has 3 nitrogen and oxygen atoms in total. The van der Waals surface area contributed by atoms with E-state index in [2.05, 4.69) is 24.4 Å². The first-order valence-electron chi connectivity index (χ1n) is 7.13. The molecule has 3 heteroatoms. The number of hydrogen-bond acceptors (Lipinski definition) is 2. The predicted molar refractivity (Wildman–Crippen MR) is 77.8 cm³/mol. The minimum Gasteiger partial charge on any atom is -0.355 e. The van der Waals surface area contributed by atoms with Crippen LogP contribution >= 0.6 is 0 Å². The normalized spacial score (nSPS) is 28.1. The molecule has 0 aliphatic heterocycles. The first kappa shape index (κ1) is 14.1. The molecule has 1 amide bonds. The van der Waals surface area contributed by atoms with E-state index in [0.29, 0.717) is 12.5 Å². The van der Waals surface area contributed by atoms with Gasteiger partial charge in [-0.2, -0.15) is 0 Å². The van der Waals surface area contributed by atoms with Crippen molar-refractivity contribution in [2.24, 2.45) is 11.1 Å². The van der Waals surface area contributed by atoms with Gasteiger partial charge < -0.3 is 11.1 Å². The maximum Gasteiger partial charge on any atom is 0.227 e. The van der Waals surface area contributed by atoms with Gasteiger partial charge in [0.2, 0.25) is 5.91 Å². The largest absolute Gasteiger partial charge is 0.355 e. The summed E-state index contributed by atoms with van der Waals surface area (Å²) in [6.07, 6.45) is 2.91. The van der Waals surface area contributed by atoms with E-state index in [1.165, 1.54) is 5.56 Å². The van der Waals surface area contributed by atoms with Gasteiger partial charge in [0.25, 0.3) is 0 Å². The van der Waals surface area contributed by atoms with Crippen molar-refractivity contribution in [3.63, 3.8) is 0 Å². The van der Waals surface area contributed by atoms with Gasteiger partial charge in [0, 0.05) is 12.6 Å². The Morgan fingerprint density at radius 2 is 2.16 bits per heavy atom. The standard InChI is InChI=1S/C16H24N2O/c1-12(13-7-4-3-5-8-13)11-18-15(19)16(2)10-6-9-14(16)17/h3-5,7-8,12,14H,6,9-11,17H2,1-2H3,(H,18,19). The number of nitrogens with one attached hydrogen (secondary N) is 1. The minimum absolute atomic E-state index is 0.000434. The fraction of sp³-hybridized carbons (Fsp3) is 0.562. The Hall–Kier alpha value is -1.35. The average Bonchev–Trinajstić information content (AvgIpc) is 2.78. The smallest absolute Gasteiger partial charge is 0.227 e. The highest BCUT2D eigenvalue weighted by molar-refractivity contribution is 5.83. The highest BCUT2D eigenvalue weighted by Gasteiger charge is 2.42. The number of carbonyl (C=O) groups excluding carboxylic acids is 1. The van der Waals surface area contributed by atoms with E-state index in [1.807, 2.05) is 25.1 Å². The maximum atomic E-state index is 12.3. The van der Waals surface area contributed by atoms with Crippen LogP contribution in [0.4, 0.5) is 0 Å². The molecular weight excluding hydrogens is 236 g/mol. The van der Waals surface area contributed by atoms with Crippen LogP contribution in [0.1, 0.15) is 44.6 Å². The van der Waals surface area contributed by atoms with Crippen molar-refractivity contribution in [2.75, 3.05) is 6.54 Å². The molecule has 1 aromatic rings. The molecule has 0 heterocycles. The van der Waals surface area contributed by atoms with Gasteiger partial charge in [0.05, 0.1) is 5.41 Å². The lowest BCUT2D eigenvalue weighted by atomic mass is 9.84. The molecule has 104 valence electrons. The van der Waals surface area contributed by atoms with Crippen LogP contribution in [0.3, 0.4) is 0 Å². The van der Waals surface area contributed by atoms with E-state index in [9.17, 15) is 4.79 Å². The van der Waals surface area contributed by atoms with E-state index >= 15 is 0 Å². The topological polar surface area (TPSA) is 55.1 Å². The Balaban J connectivity index is 1.90. The van der Waals surface area contributed by atoms with Gasteiger partial charge in [-0.05, 0) is 31.2 Å². The summed E-state index contributed by atoms with van der Waals surface area (Å²) in [6, 6.07) is 10.3. The molecule has 3 unspecified atom stereocenters. The summed E-state index contributed by atoms with van der Waals surface area (Å²) in [5, 5.41) is 3.07. The molecule has 19 heavy (non-hydrogen) atoms. The molecule has 0 spiro atoms. The van der Waals surface area contributed by atoms with Crippen LogP contribution in [0, 0.1) is 5.41 Å². The van der Waals surface area contributed by atoms with Crippen molar-refractivity contribution in [1.82, 2.24) is 5.32 Å². The fourth-order valence-corrected chi connectivity index (χ4v) is 2.82. The summed E-state index contributed by atoms with van der Waals surface area (Å²) in [7, 11) is 0. The van der Waals surface area contributed by atoms with Crippen LogP contribution in [-0.2, 0) is 4.79 Å². The van der Waals surface area contributed by atoms with Gasteiger partial charge >= 0.3 is 0 Å². The van der Waals surface area contributed by atoms with E-state index in [-0.39, 0.29) is 17.4 Å². The van der Waals surface area contributed by atoms with Crippen LogP contribution < -0.4 is 11.1 Å². The minimum atomic E-state index is -0.379. The fourth-order valence-electron chi connectivity index (χ4n) is 2.82. The Labute approximate surface area is 115 Å². The first-order chi connectivity index (χ1) is 9.04. The molecule has 1 aliphatic rings. The average molecular weight is 260 g/mol. The van der Waals surface area contributed by atoms with E-state index < -0.39 is 0 Å². The van der Waals surface area contributed by atoms with Crippen LogP contribution in [0.15, 0.2) is 30.3 Å². The predicted octanol–water partition coefficient (Wildman–Crippen LogP) is 2.42. The molecule has 0 radical (unpaired) electrons. The lowest BCUT2D eigenvalue weighted by Crippen LogP contribution is -2.48. The van der Waals surface area contributed by atoms with E-state index in [4.69, 9.17) is 5.73 Å². The molecule has 0 saturated heterocycles. The molecule has 1 aliphatic carbocycles. The van der Waals surface area contributed by atoms with Crippen molar-refractivity contribution in [3.8, 4) is 0 Å². The highest BCUT2D eigenvalue weighted by Crippen LogP contribution is 2.36. The van der Waals surface area contributed by atoms with Gasteiger partial charge in [0.15, 0.2) is 0 Å². The van der Waals surface area contributed by atoms with Gasteiger partial charge in [-0.15, -0.1) is 0 Å². The zero-order chi connectivity index (χ0) is 13.9. The van der Waals surface area contributed by atoms with Gasteiger partial charge in [0.1, 0.15) is 0 Å². The second-order valence-corrected chi connectivity index (χ2v) is 5.94. The molecule has 0 aromatic heterocycles. The third kappa shape index (κ3) is 2.98. The Morgan fingerprint density at radius 1 is 1.47 bits per heavy atom. The number of carbonyl (C=O) groups is 1. The summed E-state index contributed by atoms with van der Waals surface area (Å²) >= 11 is 0. The van der Waals surface area contributed by atoms with Crippen molar-refractivity contribution in [2.45, 2.75) is 45.1 Å². The molecule has 0 bridgehead atoms. The quantitative estimate of drug-likeness (QED) is 0.873. The molecule has 3 atom stereocenters. The number of rotatable bonds is 4. The Kier molecular flexibility index (Phi) is 4.25. The Morgan fingerprint density at radius 3 is 2.74 bits per heavy atom. The summed E-state index contributed by atoms with van der Waals surface area (Å²) in [4.78, 5) is 12.3. The summed E-state index contributed by atoms with van der Waals surface area (Å²) in [6.45, 7) is 4.80. The van der Waals surface area contributed by atoms with E-state index in [1.54, 1.807) is 0 Å². The molecule has 3 N–H and O–H groups in total. The summed E-state index contributed by atoms with van der Waals surface area (Å²) in [5.74, 6) is 0.437. The van der Waals surface area contributed by atoms with Crippen molar-refractivity contribution in [3.05, 3.63) is 35.9 Å². The number of hydrogen-bond donors (Lipinski definition) is 2. The number of amides is 1. The van der Waals surface area contributed by atoms with E-state index in [0.717, 1.165) is 19.3 Å². The zero-order valence-electron chi connectivity index (χ0n) is 11.9. The summed E-state index contributed by atoms with van der Waals surface area (Å²) in [5.41, 5.74) is 6.95. The molecule has 1 fully saturated rings. The number of nitrogens with two attached hydrogens (primary N) is 1. The van der Waals surface area contributed by atoms with Crippen LogP contribution in [0.2, 0.25) is 0 Å². The molecular formula is C16H24N2O. The van der Waals surface area contributed by atoms with Gasteiger partial charge in [-0.3, -0.25) is 4.79 Å². The lowest BCUT2D eigenvalue weighted by Gasteiger charge is -2.28. The van der Waals surface area contributed by atoms with Crippen LogP contribution in [-0.4, -0.2) is 18.5 Å². The number of benzene rings is 1. The van der Waals surface area contributed by atoms with Gasteiger partial charge in [-0.1, -0.05) is 43.7 Å². The van der Waals surface area contributed by atoms with Crippen molar-refractivity contribution >= 4 is 5.91 Å². The second kappa shape index (κ2) is 5.74.